The van der Waals surface area contributed by atoms with Crippen molar-refractivity contribution in [3.63, 3.8) is 0 Å². The minimum Gasteiger partial charge on any atom is -0.629 e. The van der Waals surface area contributed by atoms with Gasteiger partial charge in [-0.1, -0.05) is 49.7 Å². The van der Waals surface area contributed by atoms with E-state index >= 15 is 0 Å². The van der Waals surface area contributed by atoms with Crippen LogP contribution in [0, 0.1) is 16.5 Å². The number of hydrogen-bond acceptors (Lipinski definition) is 14. The monoisotopic (exact) mass is 1080 g/mol. The Bertz CT molecular complexity index is 3100. The first-order valence-electron chi connectivity index (χ1n) is 26.6. The number of allylic oxidation sites excluding steroid dienone is 1. The van der Waals surface area contributed by atoms with E-state index in [2.05, 4.69) is 77.8 Å². The summed E-state index contributed by atoms with van der Waals surface area (Å²) >= 11 is 6.30. The molecule has 5 aromatic rings. The number of benzene rings is 2. The SMILES string of the molecule is COc1nc2c(cc1Oc1cc(N3CCC4(CC3)CC(N3CCN(Cc5ccnc(Cl)c5)C[C@H]3c3ccccc3C(C)C)C4)ccc1C(=O)NS(=O)(=O)c1cnc(NC[C@H]3CC[C@](C)(O)CC3)c([NH+](C)[O-])c1)C(F)=CC2. The summed E-state index contributed by atoms with van der Waals surface area (Å²) in [5, 5.41) is 26.6. The zero-order valence-electron chi connectivity index (χ0n) is 44.0. The van der Waals surface area contributed by atoms with Crippen LogP contribution in [-0.2, 0) is 23.0 Å². The number of piperidine rings is 1. The minimum atomic E-state index is -4.58. The fourth-order valence-corrected chi connectivity index (χ4v) is 13.3. The molecule has 10 rings (SSSR count). The van der Waals surface area contributed by atoms with Gasteiger partial charge in [-0.2, -0.15) is 0 Å². The summed E-state index contributed by atoms with van der Waals surface area (Å²) in [6.45, 7) is 12.0. The van der Waals surface area contributed by atoms with E-state index in [4.69, 9.17) is 21.1 Å². The summed E-state index contributed by atoms with van der Waals surface area (Å²) in [6.07, 6.45) is 11.7. The Balaban J connectivity index is 0.856. The van der Waals surface area contributed by atoms with Crippen LogP contribution in [0.1, 0.15) is 122 Å². The second-order valence-electron chi connectivity index (χ2n) is 22.2. The Morgan fingerprint density at radius 3 is 2.49 bits per heavy atom. The van der Waals surface area contributed by atoms with E-state index in [1.165, 1.54) is 49.6 Å². The number of aromatic nitrogens is 3. The number of methoxy groups -OCH3 is 1. The lowest BCUT2D eigenvalue weighted by molar-refractivity contribution is -0.751. The molecule has 4 N–H and O–H groups in total. The highest BCUT2D eigenvalue weighted by atomic mass is 35.5. The number of piperazine rings is 1. The summed E-state index contributed by atoms with van der Waals surface area (Å²) in [5.41, 5.74) is 4.88. The van der Waals surface area contributed by atoms with Gasteiger partial charge in [0.05, 0.1) is 37.2 Å². The number of hydrogen-bond donors (Lipinski definition) is 4. The van der Waals surface area contributed by atoms with Gasteiger partial charge in [-0.3, -0.25) is 14.6 Å². The number of hydroxylamine groups is 1. The summed E-state index contributed by atoms with van der Waals surface area (Å²) in [6, 6.07) is 21.3. The van der Waals surface area contributed by atoms with Crippen molar-refractivity contribution in [2.24, 2.45) is 11.3 Å². The number of fused-ring (bicyclic) bond motifs is 1. The van der Waals surface area contributed by atoms with Crippen LogP contribution in [0.2, 0.25) is 5.15 Å². The highest BCUT2D eigenvalue weighted by Gasteiger charge is 2.50. The zero-order valence-corrected chi connectivity index (χ0v) is 45.5. The van der Waals surface area contributed by atoms with Crippen LogP contribution >= 0.6 is 11.6 Å². The lowest BCUT2D eigenvalue weighted by Crippen LogP contribution is -2.98. The fourth-order valence-electron chi connectivity index (χ4n) is 12.1. The quantitative estimate of drug-likeness (QED) is 0.0542. The average molecular weight is 1080 g/mol. The first-order valence-corrected chi connectivity index (χ1v) is 28.4. The van der Waals surface area contributed by atoms with Crippen molar-refractivity contribution in [3.8, 4) is 17.4 Å². The predicted molar refractivity (Wildman–Crippen MR) is 291 cm³/mol. The van der Waals surface area contributed by atoms with Gasteiger partial charge >= 0.3 is 0 Å². The van der Waals surface area contributed by atoms with E-state index in [1.807, 2.05) is 19.1 Å². The number of nitrogens with one attached hydrogen (secondary N) is 3. The molecular weight excluding hydrogens is 1010 g/mol. The number of halogens is 2. The van der Waals surface area contributed by atoms with Gasteiger partial charge in [0.2, 0.25) is 0 Å². The molecule has 2 aromatic carbocycles. The Labute approximate surface area is 450 Å². The van der Waals surface area contributed by atoms with Crippen molar-refractivity contribution >= 4 is 50.6 Å². The van der Waals surface area contributed by atoms with E-state index in [0.29, 0.717) is 42.2 Å². The van der Waals surface area contributed by atoms with Crippen LogP contribution in [0.15, 0.2) is 90.1 Å². The maximum Gasteiger partial charge on any atom is 0.268 e. The molecule has 4 fully saturated rings. The largest absolute Gasteiger partial charge is 0.629 e. The Morgan fingerprint density at radius 2 is 1.76 bits per heavy atom. The van der Waals surface area contributed by atoms with Crippen LogP contribution in [0.3, 0.4) is 0 Å². The van der Waals surface area contributed by atoms with Gasteiger partial charge in [-0.15, -0.1) is 0 Å². The number of rotatable bonds is 16. The predicted octanol–water partition coefficient (Wildman–Crippen LogP) is 8.74. The van der Waals surface area contributed by atoms with Gasteiger partial charge in [0, 0.05) is 93.9 Å². The van der Waals surface area contributed by atoms with Crippen molar-refractivity contribution in [1.29, 1.82) is 0 Å². The van der Waals surface area contributed by atoms with Crippen molar-refractivity contribution in [1.82, 2.24) is 29.5 Å². The van der Waals surface area contributed by atoms with Crippen molar-refractivity contribution in [3.05, 3.63) is 129 Å². The summed E-state index contributed by atoms with van der Waals surface area (Å²) < 4.78 is 57.2. The molecule has 16 nitrogen and oxygen atoms in total. The molecule has 2 saturated heterocycles. The molecule has 0 radical (unpaired) electrons. The average Bonchev–Trinajstić information content (AvgIpc) is 3.79. The topological polar surface area (TPSA) is 190 Å². The third-order valence-electron chi connectivity index (χ3n) is 16.6. The smallest absolute Gasteiger partial charge is 0.268 e. The van der Waals surface area contributed by atoms with Crippen molar-refractivity contribution in [2.75, 3.05) is 63.6 Å². The van der Waals surface area contributed by atoms with E-state index in [-0.39, 0.29) is 68.7 Å². The van der Waals surface area contributed by atoms with Gasteiger partial charge in [-0.05, 0) is 129 Å². The number of anilines is 2. The molecule has 1 amide bonds. The summed E-state index contributed by atoms with van der Waals surface area (Å²) in [5.74, 6) is -0.434. The number of carbonyl (C=O) groups is 1. The third kappa shape index (κ3) is 11.6. The number of amides is 1. The second-order valence-corrected chi connectivity index (χ2v) is 24.3. The Hall–Kier alpha value is -5.73. The highest BCUT2D eigenvalue weighted by molar-refractivity contribution is 7.90. The molecule has 3 aromatic heterocycles. The fraction of sp³-hybridized carbons (Fsp3) is 0.474. The van der Waals surface area contributed by atoms with E-state index < -0.39 is 32.4 Å². The van der Waals surface area contributed by atoms with Gasteiger partial charge in [-0.25, -0.2) is 32.5 Å². The number of carbonyl (C=O) groups excluding carboxylic acids is 1. The van der Waals surface area contributed by atoms with Crippen LogP contribution in [0.4, 0.5) is 21.6 Å². The van der Waals surface area contributed by atoms with Crippen LogP contribution < -0.4 is 29.5 Å². The standard InChI is InChI=1S/C57H69ClFN9O7S/c1-36(2)42-8-6-7-9-43(42)49-35-66(34-38-16-21-60-52(58)26-38)24-25-68(49)40-30-57(31-40)19-22-67(23-20-57)39-10-11-44(50(27-39)75-51-29-45-46(59)12-13-47(45)63-55(51)74-5)54(69)64-76(72,73)41-28-48(65(4)71)53(62-33-41)61-32-37-14-17-56(3,70)18-15-37/h6-12,16,21,26-29,33,36-37,40,49,65,70H,13-15,17-20,22-25,30-32,34-35H2,1-5H3,(H,61,62)(H,64,69)/t37-,49-,56-/m0/s1. The van der Waals surface area contributed by atoms with E-state index in [0.717, 1.165) is 95.2 Å². The third-order valence-corrected chi connectivity index (χ3v) is 18.1. The summed E-state index contributed by atoms with van der Waals surface area (Å²) in [7, 11) is -1.84. The molecule has 2 atom stereocenters. The lowest BCUT2D eigenvalue weighted by Gasteiger charge is -2.58. The Kier molecular flexibility index (Phi) is 15.5. The number of sulfonamides is 1. The molecule has 5 heterocycles. The van der Waals surface area contributed by atoms with Crippen LogP contribution in [-0.4, -0.2) is 109 Å². The molecule has 1 unspecified atom stereocenters. The molecule has 2 saturated carbocycles. The molecule has 404 valence electrons. The first kappa shape index (κ1) is 53.7. The maximum absolute atomic E-state index is 15.0. The molecule has 76 heavy (non-hydrogen) atoms. The second kappa shape index (κ2) is 22.0. The van der Waals surface area contributed by atoms with E-state index in [9.17, 15) is 27.9 Å². The van der Waals surface area contributed by atoms with Gasteiger partial charge < -0.3 is 35.1 Å². The van der Waals surface area contributed by atoms with Gasteiger partial charge in [0.1, 0.15) is 21.6 Å². The molecule has 19 heteroatoms. The minimum absolute atomic E-state index is 0.0156. The number of ether oxygens (including phenoxy) is 2. The first-order chi connectivity index (χ1) is 36.4. The highest BCUT2D eigenvalue weighted by Crippen LogP contribution is 2.54. The summed E-state index contributed by atoms with van der Waals surface area (Å²) in [4.78, 5) is 34.5. The molecule has 3 aliphatic carbocycles. The number of pyridine rings is 3. The normalized spacial score (nSPS) is 22.4. The molecule has 5 aliphatic rings. The molecule has 2 aliphatic heterocycles. The Morgan fingerprint density at radius 1 is 1.00 bits per heavy atom. The molecule has 1 spiro atoms. The van der Waals surface area contributed by atoms with Crippen LogP contribution in [0.25, 0.3) is 5.83 Å². The van der Waals surface area contributed by atoms with Gasteiger partial charge in [0.15, 0.2) is 17.3 Å². The van der Waals surface area contributed by atoms with E-state index in [1.54, 1.807) is 18.3 Å². The van der Waals surface area contributed by atoms with Gasteiger partial charge in [0.25, 0.3) is 21.8 Å². The molecular formula is C57H69ClFN9O7S. The zero-order chi connectivity index (χ0) is 53.5. The maximum atomic E-state index is 15.0. The lowest BCUT2D eigenvalue weighted by atomic mass is 9.59. The number of aliphatic hydroxyl groups is 1. The van der Waals surface area contributed by atoms with Crippen molar-refractivity contribution in [2.45, 2.75) is 114 Å². The van der Waals surface area contributed by atoms with Crippen LogP contribution in [0.5, 0.6) is 17.4 Å². The van der Waals surface area contributed by atoms with Crippen molar-refractivity contribution < 1.29 is 37.2 Å². The number of quaternary nitrogens is 1. The molecule has 0 bridgehead atoms. The number of nitrogens with zero attached hydrogens (tertiary/aromatic N) is 6.